The smallest absolute Gasteiger partial charge is 0.329 e. The van der Waals surface area contributed by atoms with E-state index in [0.717, 1.165) is 27.0 Å². The molecule has 2 N–H and O–H groups in total. The van der Waals surface area contributed by atoms with Crippen molar-refractivity contribution in [2.45, 2.75) is 32.9 Å². The van der Waals surface area contributed by atoms with Gasteiger partial charge in [-0.15, -0.1) is 11.3 Å². The average Bonchev–Trinajstić information content (AvgIpc) is 3.50. The molecule has 0 bridgehead atoms. The summed E-state index contributed by atoms with van der Waals surface area (Å²) >= 11 is 1.44. The highest BCUT2D eigenvalue weighted by molar-refractivity contribution is 7.13. The summed E-state index contributed by atoms with van der Waals surface area (Å²) in [6, 6.07) is 12.6. The number of rotatable bonds is 10. The molecular weight excluding hydrogens is 466 g/mol. The zero-order valence-electron chi connectivity index (χ0n) is 19.8. The van der Waals surface area contributed by atoms with Gasteiger partial charge in [0.25, 0.3) is 0 Å². The molecule has 2 aromatic carbocycles. The van der Waals surface area contributed by atoms with Crippen LogP contribution in [0.15, 0.2) is 54.0 Å². The van der Waals surface area contributed by atoms with Gasteiger partial charge in [0.1, 0.15) is 17.7 Å². The number of hydrogen-bond acceptors (Lipinski definition) is 7. The predicted molar refractivity (Wildman–Crippen MR) is 135 cm³/mol. The molecular formula is C26H27N3O5S. The molecule has 0 saturated heterocycles. The number of hydrogen-bond donors (Lipinski definition) is 2. The molecule has 182 valence electrons. The summed E-state index contributed by atoms with van der Waals surface area (Å²) in [6.45, 7) is 3.85. The molecule has 0 aliphatic carbocycles. The average molecular weight is 494 g/mol. The molecule has 1 amide bonds. The number of ether oxygens (including phenoxy) is 3. The maximum atomic E-state index is 12.9. The second kappa shape index (κ2) is 11.1. The third-order valence-electron chi connectivity index (χ3n) is 5.39. The van der Waals surface area contributed by atoms with E-state index in [-0.39, 0.29) is 12.5 Å². The highest BCUT2D eigenvalue weighted by Gasteiger charge is 2.23. The molecule has 0 aliphatic rings. The molecule has 35 heavy (non-hydrogen) atoms. The van der Waals surface area contributed by atoms with E-state index >= 15 is 0 Å². The van der Waals surface area contributed by atoms with Crippen LogP contribution in [0.4, 0.5) is 0 Å². The second-order valence-electron chi connectivity index (χ2n) is 7.87. The van der Waals surface area contributed by atoms with Crippen molar-refractivity contribution in [1.29, 1.82) is 0 Å². The first-order valence-electron chi connectivity index (χ1n) is 11.2. The van der Waals surface area contributed by atoms with Gasteiger partial charge in [-0.05, 0) is 36.8 Å². The molecule has 4 rings (SSSR count). The van der Waals surface area contributed by atoms with Crippen LogP contribution in [0.1, 0.15) is 25.1 Å². The monoisotopic (exact) mass is 493 g/mol. The van der Waals surface area contributed by atoms with Crippen molar-refractivity contribution in [3.8, 4) is 22.1 Å². The van der Waals surface area contributed by atoms with Gasteiger partial charge in [0.2, 0.25) is 5.91 Å². The summed E-state index contributed by atoms with van der Waals surface area (Å²) in [7, 11) is 1.59. The number of thiazole rings is 1. The fraction of sp³-hybridized carbons (Fsp3) is 0.269. The molecule has 0 aliphatic heterocycles. The van der Waals surface area contributed by atoms with Gasteiger partial charge in [-0.25, -0.2) is 9.78 Å². The van der Waals surface area contributed by atoms with Crippen LogP contribution >= 0.6 is 11.3 Å². The lowest BCUT2D eigenvalue weighted by molar-refractivity contribution is -0.149. The minimum Gasteiger partial charge on any atom is -0.493 e. The number of aromatic nitrogens is 2. The largest absolute Gasteiger partial charge is 0.493 e. The number of methoxy groups -OCH3 is 1. The predicted octanol–water partition coefficient (Wildman–Crippen LogP) is 4.49. The molecule has 0 saturated carbocycles. The van der Waals surface area contributed by atoms with E-state index in [1.165, 1.54) is 18.3 Å². The number of H-pyrrole nitrogens is 1. The number of nitrogens with zero attached hydrogens (tertiary/aromatic N) is 1. The van der Waals surface area contributed by atoms with Gasteiger partial charge in [0.15, 0.2) is 11.5 Å². The molecule has 1 unspecified atom stereocenters. The number of para-hydroxylation sites is 1. The van der Waals surface area contributed by atoms with Crippen molar-refractivity contribution < 1.29 is 23.8 Å². The van der Waals surface area contributed by atoms with Crippen molar-refractivity contribution in [3.05, 3.63) is 65.3 Å². The highest BCUT2D eigenvalue weighted by atomic mass is 32.1. The Kier molecular flexibility index (Phi) is 7.67. The second-order valence-corrected chi connectivity index (χ2v) is 8.73. The Labute approximate surface area is 207 Å². The van der Waals surface area contributed by atoms with Crippen molar-refractivity contribution in [1.82, 2.24) is 15.3 Å². The van der Waals surface area contributed by atoms with Crippen LogP contribution in [0, 0.1) is 0 Å². The summed E-state index contributed by atoms with van der Waals surface area (Å²) in [4.78, 5) is 32.4. The molecule has 0 radical (unpaired) electrons. The first-order chi connectivity index (χ1) is 17.0. The molecule has 9 heteroatoms. The first kappa shape index (κ1) is 24.3. The van der Waals surface area contributed by atoms with Gasteiger partial charge in [-0.1, -0.05) is 18.2 Å². The third kappa shape index (κ3) is 5.81. The van der Waals surface area contributed by atoms with E-state index < -0.39 is 12.0 Å². The lowest BCUT2D eigenvalue weighted by atomic mass is 10.0. The van der Waals surface area contributed by atoms with Gasteiger partial charge in [0.05, 0.1) is 19.4 Å². The fourth-order valence-corrected chi connectivity index (χ4v) is 4.59. The molecule has 2 aromatic heterocycles. The lowest BCUT2D eigenvalue weighted by Crippen LogP contribution is -2.42. The maximum Gasteiger partial charge on any atom is 0.329 e. The van der Waals surface area contributed by atoms with Crippen LogP contribution in [0.3, 0.4) is 0 Å². The number of aromatic amines is 1. The highest BCUT2D eigenvalue weighted by Crippen LogP contribution is 2.34. The van der Waals surface area contributed by atoms with E-state index in [0.29, 0.717) is 30.2 Å². The van der Waals surface area contributed by atoms with Crippen LogP contribution in [0.2, 0.25) is 0 Å². The van der Waals surface area contributed by atoms with Gasteiger partial charge >= 0.3 is 5.97 Å². The molecule has 2 heterocycles. The van der Waals surface area contributed by atoms with Crippen LogP contribution in [-0.2, 0) is 27.4 Å². The van der Waals surface area contributed by atoms with E-state index in [4.69, 9.17) is 14.2 Å². The molecule has 0 spiro atoms. The van der Waals surface area contributed by atoms with Crippen LogP contribution in [0.5, 0.6) is 11.5 Å². The number of amides is 1. The van der Waals surface area contributed by atoms with Crippen molar-refractivity contribution in [3.63, 3.8) is 0 Å². The van der Waals surface area contributed by atoms with E-state index in [9.17, 15) is 9.59 Å². The van der Waals surface area contributed by atoms with Crippen molar-refractivity contribution in [2.24, 2.45) is 0 Å². The topological polar surface area (TPSA) is 103 Å². The SMILES string of the molecule is CCOc1ccc(-c2nc(COC(=O)C(Cc3c[nH]c4ccccc34)NC(C)=O)cs2)cc1OC. The Balaban J connectivity index is 1.43. The normalized spacial score (nSPS) is 11.7. The van der Waals surface area contributed by atoms with E-state index in [1.54, 1.807) is 7.11 Å². The standard InChI is InChI=1S/C26H27N3O5S/c1-4-33-23-10-9-17(12-24(23)32-3)25-29-19(15-35-25)14-34-26(31)22(28-16(2)30)11-18-13-27-21-8-6-5-7-20(18)21/h5-10,12-13,15,22,27H,4,11,14H2,1-3H3,(H,28,30). The molecule has 4 aromatic rings. The number of fused-ring (bicyclic) bond motifs is 1. The number of carbonyl (C=O) groups is 2. The zero-order chi connectivity index (χ0) is 24.8. The minimum atomic E-state index is -0.805. The summed E-state index contributed by atoms with van der Waals surface area (Å²) in [5, 5.41) is 6.33. The van der Waals surface area contributed by atoms with Crippen molar-refractivity contribution in [2.75, 3.05) is 13.7 Å². The third-order valence-corrected chi connectivity index (χ3v) is 6.33. The van der Waals surface area contributed by atoms with Crippen LogP contribution < -0.4 is 14.8 Å². The Morgan fingerprint density at radius 3 is 2.77 bits per heavy atom. The van der Waals surface area contributed by atoms with Crippen molar-refractivity contribution >= 4 is 34.1 Å². The van der Waals surface area contributed by atoms with Gasteiger partial charge in [-0.3, -0.25) is 4.79 Å². The Bertz CT molecular complexity index is 1330. The molecule has 1 atom stereocenters. The van der Waals surface area contributed by atoms with Gasteiger partial charge < -0.3 is 24.5 Å². The summed E-state index contributed by atoms with van der Waals surface area (Å²) in [5.41, 5.74) is 3.40. The number of benzene rings is 2. The van der Waals surface area contributed by atoms with Crippen LogP contribution in [0.25, 0.3) is 21.5 Å². The minimum absolute atomic E-state index is 0.00741. The Morgan fingerprint density at radius 1 is 1.17 bits per heavy atom. The Morgan fingerprint density at radius 2 is 2.00 bits per heavy atom. The van der Waals surface area contributed by atoms with E-state index in [1.807, 2.05) is 61.0 Å². The number of esters is 1. The van der Waals surface area contributed by atoms with Gasteiger partial charge in [-0.2, -0.15) is 0 Å². The molecule has 8 nitrogen and oxygen atoms in total. The van der Waals surface area contributed by atoms with E-state index in [2.05, 4.69) is 15.3 Å². The summed E-state index contributed by atoms with van der Waals surface area (Å²) in [5.74, 6) is 0.488. The lowest BCUT2D eigenvalue weighted by Gasteiger charge is -2.16. The van der Waals surface area contributed by atoms with Crippen LogP contribution in [-0.4, -0.2) is 41.6 Å². The first-order valence-corrected chi connectivity index (χ1v) is 12.1. The zero-order valence-corrected chi connectivity index (χ0v) is 20.6. The fourth-order valence-electron chi connectivity index (χ4n) is 3.79. The number of nitrogens with one attached hydrogen (secondary N) is 2. The quantitative estimate of drug-likeness (QED) is 0.316. The Hall–Kier alpha value is -3.85. The maximum absolute atomic E-state index is 12.9. The summed E-state index contributed by atoms with van der Waals surface area (Å²) < 4.78 is 16.5. The van der Waals surface area contributed by atoms with Gasteiger partial charge in [0, 0.05) is 41.4 Å². The summed E-state index contributed by atoms with van der Waals surface area (Å²) in [6.07, 6.45) is 2.17. The number of carbonyl (C=O) groups excluding carboxylic acids is 2. The molecule has 0 fully saturated rings.